The average molecular weight is 242 g/mol. The average Bonchev–Trinajstić information content (AvgIpc) is 3.11. The van der Waals surface area contributed by atoms with E-state index in [1.807, 2.05) is 6.92 Å². The number of carbonyl (C=O) groups excluding carboxylic acids is 2. The Hall–Kier alpha value is -1.10. The Balaban J connectivity index is 1.92. The predicted molar refractivity (Wildman–Crippen MR) is 64.4 cm³/mol. The van der Waals surface area contributed by atoms with Crippen LogP contribution in [-0.2, 0) is 14.3 Å². The molecule has 0 radical (unpaired) electrons. The number of methoxy groups -OCH3 is 1. The molecule has 0 spiro atoms. The molecule has 0 heterocycles. The van der Waals surface area contributed by atoms with Crippen LogP contribution in [0.25, 0.3) is 0 Å². The zero-order valence-electron chi connectivity index (χ0n) is 10.6. The first kappa shape index (κ1) is 14.0. The van der Waals surface area contributed by atoms with Crippen LogP contribution in [0.15, 0.2) is 0 Å². The Morgan fingerprint density at radius 3 is 2.71 bits per heavy atom. The molecule has 0 bridgehead atoms. The molecule has 1 fully saturated rings. The lowest BCUT2D eigenvalue weighted by molar-refractivity contribution is -0.144. The highest BCUT2D eigenvalue weighted by atomic mass is 16.5. The number of carbonyl (C=O) groups is 2. The van der Waals surface area contributed by atoms with Gasteiger partial charge >= 0.3 is 5.97 Å². The van der Waals surface area contributed by atoms with Crippen molar-refractivity contribution in [3.63, 3.8) is 0 Å². The number of esters is 1. The molecular weight excluding hydrogens is 220 g/mol. The van der Waals surface area contributed by atoms with Gasteiger partial charge in [-0.25, -0.2) is 0 Å². The van der Waals surface area contributed by atoms with Crippen molar-refractivity contribution in [2.45, 2.75) is 38.6 Å². The fourth-order valence-electron chi connectivity index (χ4n) is 1.50. The highest BCUT2D eigenvalue weighted by molar-refractivity contribution is 5.76. The second-order valence-corrected chi connectivity index (χ2v) is 4.57. The predicted octanol–water partition coefficient (Wildman–Crippen LogP) is 0.444. The second-order valence-electron chi connectivity index (χ2n) is 4.57. The molecule has 5 heteroatoms. The SMILES string of the molecule is COC(=O)C(C)CNCCCC(=O)NC1CC1. The van der Waals surface area contributed by atoms with Crippen molar-refractivity contribution >= 4 is 11.9 Å². The molecule has 5 nitrogen and oxygen atoms in total. The Kier molecular flexibility index (Phi) is 5.97. The standard InChI is InChI=1S/C12H22N2O3/c1-9(12(16)17-2)8-13-7-3-4-11(15)14-10-5-6-10/h9-10,13H,3-8H2,1-2H3,(H,14,15). The van der Waals surface area contributed by atoms with E-state index in [0.29, 0.717) is 19.0 Å². The number of ether oxygens (including phenoxy) is 1. The van der Waals surface area contributed by atoms with Crippen LogP contribution in [-0.4, -0.2) is 38.1 Å². The van der Waals surface area contributed by atoms with E-state index in [1.165, 1.54) is 7.11 Å². The molecule has 1 rings (SSSR count). The van der Waals surface area contributed by atoms with Gasteiger partial charge in [0.2, 0.25) is 5.91 Å². The zero-order valence-corrected chi connectivity index (χ0v) is 10.6. The number of amides is 1. The van der Waals surface area contributed by atoms with E-state index in [-0.39, 0.29) is 17.8 Å². The molecule has 98 valence electrons. The molecule has 0 aliphatic heterocycles. The Morgan fingerprint density at radius 1 is 1.41 bits per heavy atom. The Morgan fingerprint density at radius 2 is 2.12 bits per heavy atom. The van der Waals surface area contributed by atoms with Gasteiger partial charge in [0.15, 0.2) is 0 Å². The Bertz CT molecular complexity index is 264. The van der Waals surface area contributed by atoms with E-state index in [2.05, 4.69) is 15.4 Å². The largest absolute Gasteiger partial charge is 0.469 e. The molecule has 2 N–H and O–H groups in total. The third-order valence-corrected chi connectivity index (χ3v) is 2.75. The summed E-state index contributed by atoms with van der Waals surface area (Å²) in [5.41, 5.74) is 0. The molecule has 0 saturated heterocycles. The summed E-state index contributed by atoms with van der Waals surface area (Å²) in [7, 11) is 1.39. The molecule has 17 heavy (non-hydrogen) atoms. The summed E-state index contributed by atoms with van der Waals surface area (Å²) in [5.74, 6) is -0.209. The molecule has 0 aromatic rings. The summed E-state index contributed by atoms with van der Waals surface area (Å²) < 4.78 is 4.61. The maximum absolute atomic E-state index is 11.3. The fourth-order valence-corrected chi connectivity index (χ4v) is 1.50. The first-order valence-electron chi connectivity index (χ1n) is 6.21. The van der Waals surface area contributed by atoms with Gasteiger partial charge in [0.25, 0.3) is 0 Å². The van der Waals surface area contributed by atoms with Crippen molar-refractivity contribution in [3.05, 3.63) is 0 Å². The van der Waals surface area contributed by atoms with Gasteiger partial charge in [0.1, 0.15) is 0 Å². The minimum atomic E-state index is -0.205. The third-order valence-electron chi connectivity index (χ3n) is 2.75. The molecule has 0 aromatic carbocycles. The van der Waals surface area contributed by atoms with Gasteiger partial charge in [-0.15, -0.1) is 0 Å². The van der Waals surface area contributed by atoms with Crippen LogP contribution in [0.4, 0.5) is 0 Å². The van der Waals surface area contributed by atoms with E-state index >= 15 is 0 Å². The monoisotopic (exact) mass is 242 g/mol. The Labute approximate surface area is 102 Å². The van der Waals surface area contributed by atoms with Gasteiger partial charge in [-0.05, 0) is 25.8 Å². The summed E-state index contributed by atoms with van der Waals surface area (Å²) >= 11 is 0. The van der Waals surface area contributed by atoms with Crippen LogP contribution in [0.1, 0.15) is 32.6 Å². The lowest BCUT2D eigenvalue weighted by Crippen LogP contribution is -2.29. The highest BCUT2D eigenvalue weighted by Crippen LogP contribution is 2.18. The minimum absolute atomic E-state index is 0.135. The topological polar surface area (TPSA) is 67.4 Å². The van der Waals surface area contributed by atoms with E-state index in [4.69, 9.17) is 0 Å². The number of hydrogen-bond donors (Lipinski definition) is 2. The van der Waals surface area contributed by atoms with Crippen LogP contribution >= 0.6 is 0 Å². The van der Waals surface area contributed by atoms with E-state index in [0.717, 1.165) is 25.8 Å². The van der Waals surface area contributed by atoms with Gasteiger partial charge in [-0.1, -0.05) is 6.92 Å². The van der Waals surface area contributed by atoms with Crippen molar-refractivity contribution in [3.8, 4) is 0 Å². The third kappa shape index (κ3) is 6.26. The minimum Gasteiger partial charge on any atom is -0.469 e. The molecule has 0 aromatic heterocycles. The van der Waals surface area contributed by atoms with Gasteiger partial charge in [0, 0.05) is 19.0 Å². The van der Waals surface area contributed by atoms with Crippen molar-refractivity contribution in [2.75, 3.05) is 20.2 Å². The van der Waals surface area contributed by atoms with Crippen LogP contribution < -0.4 is 10.6 Å². The molecule has 1 atom stereocenters. The van der Waals surface area contributed by atoms with Gasteiger partial charge < -0.3 is 15.4 Å². The van der Waals surface area contributed by atoms with E-state index in [1.54, 1.807) is 0 Å². The first-order chi connectivity index (χ1) is 8.13. The lowest BCUT2D eigenvalue weighted by atomic mass is 10.2. The zero-order chi connectivity index (χ0) is 12.7. The summed E-state index contributed by atoms with van der Waals surface area (Å²) in [6.45, 7) is 3.16. The summed E-state index contributed by atoms with van der Waals surface area (Å²) in [5, 5.41) is 6.08. The molecule has 1 unspecified atom stereocenters. The lowest BCUT2D eigenvalue weighted by Gasteiger charge is -2.10. The normalized spacial score (nSPS) is 16.4. The van der Waals surface area contributed by atoms with E-state index in [9.17, 15) is 9.59 Å². The molecule has 1 saturated carbocycles. The second kappa shape index (κ2) is 7.27. The van der Waals surface area contributed by atoms with Crippen molar-refractivity contribution in [1.29, 1.82) is 0 Å². The maximum Gasteiger partial charge on any atom is 0.309 e. The van der Waals surface area contributed by atoms with Gasteiger partial charge in [-0.2, -0.15) is 0 Å². The number of hydrogen-bond acceptors (Lipinski definition) is 4. The summed E-state index contributed by atoms with van der Waals surface area (Å²) in [6.07, 6.45) is 3.60. The van der Waals surface area contributed by atoms with Crippen molar-refractivity contribution in [1.82, 2.24) is 10.6 Å². The summed E-state index contributed by atoms with van der Waals surface area (Å²) in [4.78, 5) is 22.4. The molecule has 1 aliphatic carbocycles. The van der Waals surface area contributed by atoms with Crippen LogP contribution in [0.2, 0.25) is 0 Å². The smallest absolute Gasteiger partial charge is 0.309 e. The number of rotatable bonds is 8. The van der Waals surface area contributed by atoms with E-state index < -0.39 is 0 Å². The quantitative estimate of drug-likeness (QED) is 0.479. The van der Waals surface area contributed by atoms with Crippen LogP contribution in [0, 0.1) is 5.92 Å². The fraction of sp³-hybridized carbons (Fsp3) is 0.833. The van der Waals surface area contributed by atoms with Crippen molar-refractivity contribution in [2.24, 2.45) is 5.92 Å². The summed E-state index contributed by atoms with van der Waals surface area (Å²) in [6, 6.07) is 0.440. The molecular formula is C12H22N2O3. The highest BCUT2D eigenvalue weighted by Gasteiger charge is 2.22. The van der Waals surface area contributed by atoms with Crippen LogP contribution in [0.3, 0.4) is 0 Å². The van der Waals surface area contributed by atoms with Gasteiger partial charge in [-0.3, -0.25) is 9.59 Å². The maximum atomic E-state index is 11.3. The van der Waals surface area contributed by atoms with Gasteiger partial charge in [0.05, 0.1) is 13.0 Å². The number of nitrogens with one attached hydrogen (secondary N) is 2. The molecule has 1 amide bonds. The molecule has 1 aliphatic rings. The van der Waals surface area contributed by atoms with Crippen molar-refractivity contribution < 1.29 is 14.3 Å². The first-order valence-corrected chi connectivity index (χ1v) is 6.21. The van der Waals surface area contributed by atoms with Crippen LogP contribution in [0.5, 0.6) is 0 Å².